The van der Waals surface area contributed by atoms with E-state index in [4.69, 9.17) is 5.73 Å². The lowest BCUT2D eigenvalue weighted by Crippen LogP contribution is -2.39. The van der Waals surface area contributed by atoms with E-state index in [0.717, 1.165) is 12.3 Å². The maximum absolute atomic E-state index is 12.5. The van der Waals surface area contributed by atoms with Gasteiger partial charge >= 0.3 is 11.8 Å². The van der Waals surface area contributed by atoms with E-state index in [9.17, 15) is 14.0 Å². The number of pyridine rings is 1. The Morgan fingerprint density at radius 3 is 2.65 bits per heavy atom. The zero-order valence-corrected chi connectivity index (χ0v) is 9.38. The lowest BCUT2D eigenvalue weighted by Gasteiger charge is -2.04. The number of hydrogen-bond donors (Lipinski definition) is 3. The molecule has 0 saturated heterocycles. The van der Waals surface area contributed by atoms with E-state index >= 15 is 0 Å². The highest BCUT2D eigenvalue weighted by atomic mass is 32.1. The molecule has 0 aromatic carbocycles. The summed E-state index contributed by atoms with van der Waals surface area (Å²) in [7, 11) is 0. The van der Waals surface area contributed by atoms with Gasteiger partial charge in [0.2, 0.25) is 0 Å². The molecule has 0 radical (unpaired) electrons. The Morgan fingerprint density at radius 1 is 1.41 bits per heavy atom. The van der Waals surface area contributed by atoms with E-state index < -0.39 is 17.6 Å². The SMILES string of the molecule is NC(=S)CNC(=O)C(=O)Nc1ccc(F)cn1. The maximum Gasteiger partial charge on any atom is 0.314 e. The van der Waals surface area contributed by atoms with Crippen molar-refractivity contribution in [1.82, 2.24) is 10.3 Å². The van der Waals surface area contributed by atoms with Gasteiger partial charge in [0.15, 0.2) is 0 Å². The summed E-state index contributed by atoms with van der Waals surface area (Å²) in [6.07, 6.45) is 0.919. The largest absolute Gasteiger partial charge is 0.392 e. The number of thiocarbonyl (C=S) groups is 1. The lowest BCUT2D eigenvalue weighted by atomic mass is 10.4. The number of carbonyl (C=O) groups is 2. The van der Waals surface area contributed by atoms with Crippen molar-refractivity contribution in [2.24, 2.45) is 5.73 Å². The number of anilines is 1. The minimum atomic E-state index is -0.930. The van der Waals surface area contributed by atoms with Gasteiger partial charge in [-0.25, -0.2) is 9.37 Å². The number of hydrogen-bond acceptors (Lipinski definition) is 4. The van der Waals surface area contributed by atoms with E-state index in [2.05, 4.69) is 27.8 Å². The van der Waals surface area contributed by atoms with E-state index in [-0.39, 0.29) is 17.4 Å². The molecular weight excluding hydrogens is 247 g/mol. The van der Waals surface area contributed by atoms with E-state index in [1.54, 1.807) is 0 Å². The molecule has 1 aromatic heterocycles. The molecule has 0 atom stereocenters. The van der Waals surface area contributed by atoms with Gasteiger partial charge in [-0.15, -0.1) is 0 Å². The second-order valence-corrected chi connectivity index (χ2v) is 3.49. The van der Waals surface area contributed by atoms with Crippen LogP contribution in [-0.2, 0) is 9.59 Å². The molecule has 17 heavy (non-hydrogen) atoms. The molecule has 1 heterocycles. The van der Waals surface area contributed by atoms with Gasteiger partial charge in [0.25, 0.3) is 0 Å². The van der Waals surface area contributed by atoms with Gasteiger partial charge in [0.1, 0.15) is 11.6 Å². The predicted molar refractivity (Wildman–Crippen MR) is 62.6 cm³/mol. The molecule has 0 aliphatic rings. The lowest BCUT2D eigenvalue weighted by molar-refractivity contribution is -0.136. The first-order chi connectivity index (χ1) is 7.99. The number of nitrogens with zero attached hydrogens (tertiary/aromatic N) is 1. The van der Waals surface area contributed by atoms with Crippen molar-refractivity contribution in [2.45, 2.75) is 0 Å². The van der Waals surface area contributed by atoms with Gasteiger partial charge < -0.3 is 16.4 Å². The van der Waals surface area contributed by atoms with Crippen molar-refractivity contribution in [1.29, 1.82) is 0 Å². The van der Waals surface area contributed by atoms with Gasteiger partial charge in [-0.2, -0.15) is 0 Å². The van der Waals surface area contributed by atoms with Crippen LogP contribution in [0.3, 0.4) is 0 Å². The fourth-order valence-electron chi connectivity index (χ4n) is 0.871. The number of amides is 2. The second kappa shape index (κ2) is 5.85. The Kier molecular flexibility index (Phi) is 4.46. The van der Waals surface area contributed by atoms with Gasteiger partial charge in [-0.3, -0.25) is 9.59 Å². The average molecular weight is 256 g/mol. The van der Waals surface area contributed by atoms with Crippen molar-refractivity contribution < 1.29 is 14.0 Å². The van der Waals surface area contributed by atoms with E-state index in [1.165, 1.54) is 6.07 Å². The third-order valence-electron chi connectivity index (χ3n) is 1.60. The summed E-state index contributed by atoms with van der Waals surface area (Å²) in [5, 5.41) is 4.37. The number of carbonyl (C=O) groups excluding carboxylic acids is 2. The second-order valence-electron chi connectivity index (χ2n) is 2.96. The van der Waals surface area contributed by atoms with Gasteiger partial charge in [0, 0.05) is 0 Å². The zero-order chi connectivity index (χ0) is 12.8. The first-order valence-corrected chi connectivity index (χ1v) is 4.89. The molecule has 6 nitrogen and oxygen atoms in total. The number of aromatic nitrogens is 1. The number of nitrogens with two attached hydrogens (primary N) is 1. The monoisotopic (exact) mass is 256 g/mol. The highest BCUT2D eigenvalue weighted by Gasteiger charge is 2.13. The fraction of sp³-hybridized carbons (Fsp3) is 0.111. The number of nitrogens with one attached hydrogen (secondary N) is 2. The molecule has 90 valence electrons. The fourth-order valence-corrected chi connectivity index (χ4v) is 0.943. The van der Waals surface area contributed by atoms with Crippen LogP contribution in [0.25, 0.3) is 0 Å². The summed E-state index contributed by atoms with van der Waals surface area (Å²) >= 11 is 4.52. The summed E-state index contributed by atoms with van der Waals surface area (Å²) in [6.45, 7) is -0.0710. The van der Waals surface area contributed by atoms with E-state index in [0.29, 0.717) is 0 Å². The summed E-state index contributed by atoms with van der Waals surface area (Å²) < 4.78 is 12.5. The summed E-state index contributed by atoms with van der Waals surface area (Å²) in [5.74, 6) is -2.30. The van der Waals surface area contributed by atoms with Crippen molar-refractivity contribution in [3.63, 3.8) is 0 Å². The van der Waals surface area contributed by atoms with Crippen LogP contribution in [0.4, 0.5) is 10.2 Å². The van der Waals surface area contributed by atoms with Crippen LogP contribution in [0.5, 0.6) is 0 Å². The Labute approximate surface area is 101 Å². The normalized spacial score (nSPS) is 9.47. The van der Waals surface area contributed by atoms with E-state index in [1.807, 2.05) is 0 Å². The predicted octanol–water partition coefficient (Wildman–Crippen LogP) is -0.439. The molecule has 0 aliphatic carbocycles. The van der Waals surface area contributed by atoms with Crippen molar-refractivity contribution in [2.75, 3.05) is 11.9 Å². The standard InChI is InChI=1S/C9H9FN4O2S/c10-5-1-2-7(12-3-5)14-9(16)8(15)13-4-6(11)17/h1-3H,4H2,(H2,11,17)(H,13,15)(H,12,14,16). The number of rotatable bonds is 3. The van der Waals surface area contributed by atoms with Crippen molar-refractivity contribution >= 4 is 34.8 Å². The van der Waals surface area contributed by atoms with Gasteiger partial charge in [-0.1, -0.05) is 12.2 Å². The van der Waals surface area contributed by atoms with Crippen LogP contribution in [-0.4, -0.2) is 28.3 Å². The Morgan fingerprint density at radius 2 is 2.12 bits per heavy atom. The first kappa shape index (κ1) is 13.0. The molecule has 1 rings (SSSR count). The highest BCUT2D eigenvalue weighted by Crippen LogP contribution is 2.02. The minimum Gasteiger partial charge on any atom is -0.392 e. The van der Waals surface area contributed by atoms with Gasteiger partial charge in [-0.05, 0) is 12.1 Å². The third-order valence-corrected chi connectivity index (χ3v) is 1.74. The Hall–Kier alpha value is -2.09. The molecule has 1 aromatic rings. The third kappa shape index (κ3) is 4.51. The molecule has 0 bridgehead atoms. The van der Waals surface area contributed by atoms with Gasteiger partial charge in [0.05, 0.1) is 17.7 Å². The molecule has 0 unspecified atom stereocenters. The summed E-state index contributed by atoms with van der Waals surface area (Å²) in [5.41, 5.74) is 5.14. The molecule has 0 aliphatic heterocycles. The van der Waals surface area contributed by atoms with Crippen LogP contribution in [0.15, 0.2) is 18.3 Å². The van der Waals surface area contributed by atoms with Crippen molar-refractivity contribution in [3.8, 4) is 0 Å². The molecule has 0 fully saturated rings. The molecular formula is C9H9FN4O2S. The number of halogens is 1. The molecule has 8 heteroatoms. The average Bonchev–Trinajstić information content (AvgIpc) is 2.28. The smallest absolute Gasteiger partial charge is 0.314 e. The quantitative estimate of drug-likeness (QED) is 0.503. The zero-order valence-electron chi connectivity index (χ0n) is 8.57. The molecule has 0 spiro atoms. The minimum absolute atomic E-state index is 0.0612. The van der Waals surface area contributed by atoms with Crippen molar-refractivity contribution in [3.05, 3.63) is 24.1 Å². The van der Waals surface area contributed by atoms with Crippen LogP contribution >= 0.6 is 12.2 Å². The Balaban J connectivity index is 2.51. The van der Waals surface area contributed by atoms with Crippen LogP contribution in [0.1, 0.15) is 0 Å². The summed E-state index contributed by atoms with van der Waals surface area (Å²) in [6, 6.07) is 2.34. The topological polar surface area (TPSA) is 97.1 Å². The molecule has 2 amide bonds. The maximum atomic E-state index is 12.5. The first-order valence-electron chi connectivity index (χ1n) is 4.48. The van der Waals surface area contributed by atoms with Crippen LogP contribution < -0.4 is 16.4 Å². The van der Waals surface area contributed by atoms with Crippen LogP contribution in [0.2, 0.25) is 0 Å². The highest BCUT2D eigenvalue weighted by molar-refractivity contribution is 7.80. The Bertz CT molecular complexity index is 449. The molecule has 4 N–H and O–H groups in total. The summed E-state index contributed by atoms with van der Waals surface area (Å²) in [4.78, 5) is 26.1. The molecule has 0 saturated carbocycles. The van der Waals surface area contributed by atoms with Crippen LogP contribution in [0, 0.1) is 5.82 Å².